The van der Waals surface area contributed by atoms with Crippen molar-refractivity contribution < 1.29 is 9.90 Å². The molecular weight excluding hydrogens is 160 g/mol. The van der Waals surface area contributed by atoms with Gasteiger partial charge in [-0.05, 0) is 13.8 Å². The highest BCUT2D eigenvalue weighted by Gasteiger charge is 2.39. The van der Waals surface area contributed by atoms with E-state index >= 15 is 0 Å². The van der Waals surface area contributed by atoms with Crippen LogP contribution in [0.15, 0.2) is 24.0 Å². The number of thioether (sulfide) groups is 1. The van der Waals surface area contributed by atoms with E-state index in [0.717, 1.165) is 11.8 Å². The molecular formula is C8H10O2S. The lowest BCUT2D eigenvalue weighted by Gasteiger charge is -2.16. The second kappa shape index (κ2) is 2.41. The molecule has 1 N–H and O–H groups in total. The zero-order valence-corrected chi connectivity index (χ0v) is 7.36. The van der Waals surface area contributed by atoms with Crippen LogP contribution in [-0.2, 0) is 4.79 Å². The fourth-order valence-corrected chi connectivity index (χ4v) is 1.89. The molecule has 0 bridgehead atoms. The lowest BCUT2D eigenvalue weighted by molar-refractivity contribution is -0.107. The second-order valence-corrected chi connectivity index (χ2v) is 4.10. The number of hydrogen-bond acceptors (Lipinski definition) is 3. The maximum absolute atomic E-state index is 11.1. The van der Waals surface area contributed by atoms with Crippen LogP contribution in [0.2, 0.25) is 0 Å². The van der Waals surface area contributed by atoms with Crippen LogP contribution in [-0.4, -0.2) is 15.0 Å². The maximum atomic E-state index is 11.1. The molecule has 1 aliphatic heterocycles. The first kappa shape index (κ1) is 8.40. The van der Waals surface area contributed by atoms with Gasteiger partial charge in [0.05, 0.1) is 4.75 Å². The Morgan fingerprint density at radius 1 is 1.73 bits per heavy atom. The number of carbonyl (C=O) groups is 1. The molecule has 0 radical (unpaired) electrons. The average Bonchev–Trinajstić information content (AvgIpc) is 2.17. The molecule has 0 aromatic heterocycles. The van der Waals surface area contributed by atoms with Crippen LogP contribution in [0, 0.1) is 0 Å². The molecule has 1 aliphatic rings. The molecule has 0 aromatic rings. The molecule has 0 saturated heterocycles. The van der Waals surface area contributed by atoms with E-state index < -0.39 is 4.75 Å². The third-order valence-corrected chi connectivity index (χ3v) is 3.10. The molecule has 0 aromatic carbocycles. The number of aliphatic hydroxyl groups is 1. The summed E-state index contributed by atoms with van der Waals surface area (Å²) in [7, 11) is 0. The van der Waals surface area contributed by atoms with E-state index in [9.17, 15) is 9.90 Å². The van der Waals surface area contributed by atoms with Crippen LogP contribution in [0.25, 0.3) is 0 Å². The fraction of sp³-hybridized carbons (Fsp3) is 0.375. The van der Waals surface area contributed by atoms with Gasteiger partial charge in [0.15, 0.2) is 0 Å². The van der Waals surface area contributed by atoms with Crippen LogP contribution < -0.4 is 0 Å². The lowest BCUT2D eigenvalue weighted by atomic mass is 10.1. The summed E-state index contributed by atoms with van der Waals surface area (Å²) in [6.45, 7) is 6.96. The van der Waals surface area contributed by atoms with E-state index in [0.29, 0.717) is 5.57 Å². The summed E-state index contributed by atoms with van der Waals surface area (Å²) in [4.78, 5) is 11.1. The summed E-state index contributed by atoms with van der Waals surface area (Å²) in [5.41, 5.74) is 0.442. The van der Waals surface area contributed by atoms with Crippen molar-refractivity contribution in [2.75, 3.05) is 0 Å². The summed E-state index contributed by atoms with van der Waals surface area (Å²) >= 11 is 1.10. The number of carbonyl (C=O) groups excluding carboxylic acids is 1. The first-order chi connectivity index (χ1) is 5.01. The highest BCUT2D eigenvalue weighted by Crippen LogP contribution is 2.42. The molecule has 0 aliphatic carbocycles. The van der Waals surface area contributed by atoms with Crippen LogP contribution in [0.4, 0.5) is 0 Å². The second-order valence-electron chi connectivity index (χ2n) is 2.67. The minimum absolute atomic E-state index is 0.0649. The van der Waals surface area contributed by atoms with Crippen LogP contribution >= 0.6 is 11.8 Å². The zero-order chi connectivity index (χ0) is 8.65. The van der Waals surface area contributed by atoms with E-state index in [2.05, 4.69) is 6.58 Å². The molecule has 0 saturated carbocycles. The molecule has 1 rings (SSSR count). The molecule has 0 unspecified atom stereocenters. The molecule has 60 valence electrons. The van der Waals surface area contributed by atoms with Crippen molar-refractivity contribution in [3.05, 3.63) is 24.0 Å². The Bertz CT molecular complexity index is 255. The van der Waals surface area contributed by atoms with Crippen molar-refractivity contribution in [1.82, 2.24) is 0 Å². The summed E-state index contributed by atoms with van der Waals surface area (Å²) in [6, 6.07) is 0. The van der Waals surface area contributed by atoms with Crippen molar-refractivity contribution in [2.45, 2.75) is 18.6 Å². The Labute approximate surface area is 70.0 Å². The third kappa shape index (κ3) is 1.09. The van der Waals surface area contributed by atoms with Crippen molar-refractivity contribution in [3.8, 4) is 0 Å². The Morgan fingerprint density at radius 3 is 2.45 bits per heavy atom. The summed E-state index contributed by atoms with van der Waals surface area (Å²) in [6.07, 6.45) is 1.58. The topological polar surface area (TPSA) is 37.3 Å². The normalized spacial score (nSPS) is 31.3. The summed E-state index contributed by atoms with van der Waals surface area (Å²) in [5, 5.41) is 9.39. The Hall–Kier alpha value is -0.700. The van der Waals surface area contributed by atoms with Gasteiger partial charge < -0.3 is 5.11 Å². The Morgan fingerprint density at radius 2 is 2.27 bits per heavy atom. The minimum Gasteiger partial charge on any atom is -0.510 e. The largest absolute Gasteiger partial charge is 0.510 e. The monoisotopic (exact) mass is 170 g/mol. The van der Waals surface area contributed by atoms with Gasteiger partial charge in [-0.3, -0.25) is 4.79 Å². The molecule has 0 fully saturated rings. The molecule has 1 heterocycles. The predicted molar refractivity (Wildman–Crippen MR) is 46.5 cm³/mol. The highest BCUT2D eigenvalue weighted by atomic mass is 32.2. The molecule has 11 heavy (non-hydrogen) atoms. The molecule has 0 amide bonds. The van der Waals surface area contributed by atoms with Crippen LogP contribution in [0.5, 0.6) is 0 Å². The number of hydrogen-bond donors (Lipinski definition) is 1. The highest BCUT2D eigenvalue weighted by molar-refractivity contribution is 8.16. The SMILES string of the molecule is C=C[C@]1(C)SC(=O)C(C)=C1O. The molecule has 3 heteroatoms. The maximum Gasteiger partial charge on any atom is 0.219 e. The third-order valence-electron chi connectivity index (χ3n) is 1.83. The first-order valence-corrected chi connectivity index (χ1v) is 4.10. The van der Waals surface area contributed by atoms with Gasteiger partial charge in [-0.25, -0.2) is 0 Å². The van der Waals surface area contributed by atoms with E-state index in [1.54, 1.807) is 19.9 Å². The van der Waals surface area contributed by atoms with Crippen molar-refractivity contribution in [3.63, 3.8) is 0 Å². The van der Waals surface area contributed by atoms with Gasteiger partial charge in [-0.15, -0.1) is 6.58 Å². The van der Waals surface area contributed by atoms with E-state index in [4.69, 9.17) is 0 Å². The van der Waals surface area contributed by atoms with Crippen molar-refractivity contribution >= 4 is 16.9 Å². The van der Waals surface area contributed by atoms with Crippen LogP contribution in [0.1, 0.15) is 13.8 Å². The van der Waals surface area contributed by atoms with Gasteiger partial charge in [0.2, 0.25) is 5.12 Å². The quantitative estimate of drug-likeness (QED) is 0.612. The predicted octanol–water partition coefficient (Wildman–Crippen LogP) is 2.04. The van der Waals surface area contributed by atoms with Crippen LogP contribution in [0.3, 0.4) is 0 Å². The minimum atomic E-state index is -0.596. The summed E-state index contributed by atoms with van der Waals surface area (Å²) < 4.78 is -0.596. The fourth-order valence-electron chi connectivity index (χ4n) is 0.925. The average molecular weight is 170 g/mol. The van der Waals surface area contributed by atoms with E-state index in [1.165, 1.54) is 0 Å². The van der Waals surface area contributed by atoms with Gasteiger partial charge in [-0.1, -0.05) is 17.8 Å². The Balaban J connectivity index is 3.12. The van der Waals surface area contributed by atoms with Gasteiger partial charge in [-0.2, -0.15) is 0 Å². The van der Waals surface area contributed by atoms with Gasteiger partial charge in [0.1, 0.15) is 5.76 Å². The van der Waals surface area contributed by atoms with Crippen molar-refractivity contribution in [2.24, 2.45) is 0 Å². The molecule has 1 atom stereocenters. The lowest BCUT2D eigenvalue weighted by Crippen LogP contribution is -2.15. The Kier molecular flexibility index (Phi) is 1.84. The standard InChI is InChI=1S/C8H10O2S/c1-4-8(3)6(9)5(2)7(10)11-8/h4,9H,1H2,2-3H3/t8-/m0/s1. The molecule has 2 nitrogen and oxygen atoms in total. The number of aliphatic hydroxyl groups excluding tert-OH is 1. The van der Waals surface area contributed by atoms with Gasteiger partial charge >= 0.3 is 0 Å². The smallest absolute Gasteiger partial charge is 0.219 e. The summed E-state index contributed by atoms with van der Waals surface area (Å²) in [5.74, 6) is 0.141. The van der Waals surface area contributed by atoms with Gasteiger partial charge in [0, 0.05) is 5.57 Å². The first-order valence-electron chi connectivity index (χ1n) is 3.28. The number of rotatable bonds is 1. The van der Waals surface area contributed by atoms with Crippen molar-refractivity contribution in [1.29, 1.82) is 0 Å². The van der Waals surface area contributed by atoms with E-state index in [1.807, 2.05) is 0 Å². The zero-order valence-electron chi connectivity index (χ0n) is 6.55. The van der Waals surface area contributed by atoms with Gasteiger partial charge in [0.25, 0.3) is 0 Å². The molecule has 0 spiro atoms. The van der Waals surface area contributed by atoms with E-state index in [-0.39, 0.29) is 10.9 Å².